The molecule has 2 rings (SSSR count). The summed E-state index contributed by atoms with van der Waals surface area (Å²) >= 11 is 0. The van der Waals surface area contributed by atoms with Crippen LogP contribution in [0.25, 0.3) is 0 Å². The summed E-state index contributed by atoms with van der Waals surface area (Å²) in [6.07, 6.45) is 8.13. The smallest absolute Gasteiger partial charge is 0.0878 e. The van der Waals surface area contributed by atoms with Crippen LogP contribution in [-0.4, -0.2) is 38.7 Å². The number of hydrogen-bond donors (Lipinski definition) is 0. The Morgan fingerprint density at radius 3 is 2.89 bits per heavy atom. The predicted molar refractivity (Wildman–Crippen MR) is 114 cm³/mol. The summed E-state index contributed by atoms with van der Waals surface area (Å²) in [6.45, 7) is 7.00. The topological polar surface area (TPSA) is 30.8 Å². The molecule has 1 aliphatic rings. The number of rotatable bonds is 11. The number of unbranched alkanes of at least 4 members (excludes halogenated alkanes) is 1. The Balaban J connectivity index is 0.00000364. The fourth-order valence-electron chi connectivity index (χ4n) is 3.52. The van der Waals surface area contributed by atoms with E-state index in [0.29, 0.717) is 5.92 Å². The van der Waals surface area contributed by atoms with Crippen LogP contribution < -0.4 is 4.74 Å². The van der Waals surface area contributed by atoms with E-state index in [0.717, 1.165) is 55.8 Å². The molecule has 0 bridgehead atoms. The van der Waals surface area contributed by atoms with E-state index in [9.17, 15) is 0 Å². The molecule has 3 unspecified atom stereocenters. The Labute approximate surface area is 193 Å². The van der Waals surface area contributed by atoms with Gasteiger partial charge in [-0.2, -0.15) is 12.1 Å². The SMILES string of the molecule is CCCCC(CCP)COc1[c-]ccc(C(CC2(C)CCOC2)=NC)c1.[Y]. The molecule has 0 amide bonds. The van der Waals surface area contributed by atoms with Gasteiger partial charge in [-0.25, -0.2) is 0 Å². The molecular formula is C22H35NO2PY-. The van der Waals surface area contributed by atoms with Crippen molar-refractivity contribution >= 4 is 15.0 Å². The van der Waals surface area contributed by atoms with Gasteiger partial charge in [0.1, 0.15) is 0 Å². The van der Waals surface area contributed by atoms with Crippen molar-refractivity contribution in [2.24, 2.45) is 16.3 Å². The van der Waals surface area contributed by atoms with Gasteiger partial charge in [-0.15, -0.1) is 26.9 Å². The third-order valence-corrected chi connectivity index (χ3v) is 5.62. The van der Waals surface area contributed by atoms with E-state index >= 15 is 0 Å². The number of benzene rings is 1. The average molecular weight is 465 g/mol. The number of hydrogen-bond acceptors (Lipinski definition) is 3. The third kappa shape index (κ3) is 8.61. The van der Waals surface area contributed by atoms with E-state index in [4.69, 9.17) is 9.47 Å². The molecule has 27 heavy (non-hydrogen) atoms. The Hall–Kier alpha value is 0.184. The zero-order chi connectivity index (χ0) is 18.8. The van der Waals surface area contributed by atoms with Gasteiger partial charge in [-0.1, -0.05) is 26.7 Å². The van der Waals surface area contributed by atoms with Crippen molar-refractivity contribution in [1.29, 1.82) is 0 Å². The molecule has 1 aromatic rings. The van der Waals surface area contributed by atoms with Gasteiger partial charge in [0.05, 0.1) is 13.2 Å². The maximum atomic E-state index is 6.10. The van der Waals surface area contributed by atoms with Gasteiger partial charge in [0.25, 0.3) is 0 Å². The molecule has 0 aromatic heterocycles. The van der Waals surface area contributed by atoms with Gasteiger partial charge < -0.3 is 9.47 Å². The minimum Gasteiger partial charge on any atom is -0.519 e. The number of nitrogens with zero attached hydrogens (tertiary/aromatic N) is 1. The van der Waals surface area contributed by atoms with Gasteiger partial charge in [0.2, 0.25) is 0 Å². The van der Waals surface area contributed by atoms with Gasteiger partial charge in [0.15, 0.2) is 0 Å². The first-order chi connectivity index (χ1) is 12.6. The Kier molecular flexibility index (Phi) is 12.5. The average Bonchev–Trinajstić information content (AvgIpc) is 3.09. The second-order valence-electron chi connectivity index (χ2n) is 7.80. The van der Waals surface area contributed by atoms with Gasteiger partial charge in [0, 0.05) is 57.8 Å². The van der Waals surface area contributed by atoms with Gasteiger partial charge in [-0.3, -0.25) is 4.99 Å². The van der Waals surface area contributed by atoms with Crippen LogP contribution in [0, 0.1) is 17.4 Å². The maximum Gasteiger partial charge on any atom is 0.0878 e. The first-order valence-corrected chi connectivity index (χ1v) is 10.8. The third-order valence-electron chi connectivity index (χ3n) is 5.29. The van der Waals surface area contributed by atoms with Crippen LogP contribution in [0.4, 0.5) is 0 Å². The molecule has 0 N–H and O–H groups in total. The quantitative estimate of drug-likeness (QED) is 0.257. The summed E-state index contributed by atoms with van der Waals surface area (Å²) in [4.78, 5) is 4.56. The van der Waals surface area contributed by atoms with E-state index in [1.807, 2.05) is 13.1 Å². The van der Waals surface area contributed by atoms with Gasteiger partial charge in [-0.05, 0) is 43.2 Å². The predicted octanol–water partition coefficient (Wildman–Crippen LogP) is 5.17. The van der Waals surface area contributed by atoms with Crippen LogP contribution >= 0.6 is 9.24 Å². The van der Waals surface area contributed by atoms with Crippen LogP contribution in [0.2, 0.25) is 0 Å². The van der Waals surface area contributed by atoms with Crippen LogP contribution in [0.5, 0.6) is 5.75 Å². The molecule has 3 atom stereocenters. The first kappa shape index (κ1) is 25.2. The molecule has 1 radical (unpaired) electrons. The van der Waals surface area contributed by atoms with Gasteiger partial charge >= 0.3 is 0 Å². The van der Waals surface area contributed by atoms with E-state index in [-0.39, 0.29) is 38.1 Å². The van der Waals surface area contributed by atoms with E-state index in [1.165, 1.54) is 25.7 Å². The summed E-state index contributed by atoms with van der Waals surface area (Å²) in [6, 6.07) is 9.38. The molecule has 1 fully saturated rings. The maximum absolute atomic E-state index is 6.10. The van der Waals surface area contributed by atoms with Crippen molar-refractivity contribution < 1.29 is 42.2 Å². The molecule has 5 heteroatoms. The van der Waals surface area contributed by atoms with Crippen molar-refractivity contribution in [3.63, 3.8) is 0 Å². The van der Waals surface area contributed by atoms with Crippen molar-refractivity contribution in [3.05, 3.63) is 29.8 Å². The van der Waals surface area contributed by atoms with Crippen molar-refractivity contribution in [2.45, 2.75) is 52.4 Å². The van der Waals surface area contributed by atoms with Crippen LogP contribution in [0.3, 0.4) is 0 Å². The molecule has 1 saturated heterocycles. The molecule has 1 heterocycles. The monoisotopic (exact) mass is 465 g/mol. The summed E-state index contributed by atoms with van der Waals surface area (Å²) in [5.41, 5.74) is 2.47. The molecule has 149 valence electrons. The largest absolute Gasteiger partial charge is 0.519 e. The minimum atomic E-state index is 0. The molecule has 0 spiro atoms. The Bertz CT molecular complexity index is 573. The molecule has 0 saturated carbocycles. The summed E-state index contributed by atoms with van der Waals surface area (Å²) in [5, 5.41) is 0. The molecule has 3 nitrogen and oxygen atoms in total. The molecular weight excluding hydrogens is 430 g/mol. The normalized spacial score (nSPS) is 21.0. The Morgan fingerprint density at radius 1 is 1.44 bits per heavy atom. The summed E-state index contributed by atoms with van der Waals surface area (Å²) in [7, 11) is 4.72. The fourth-order valence-corrected chi connectivity index (χ4v) is 3.99. The summed E-state index contributed by atoms with van der Waals surface area (Å²) in [5.74, 6) is 1.46. The molecule has 1 aromatic carbocycles. The van der Waals surface area contributed by atoms with E-state index in [2.05, 4.69) is 46.3 Å². The van der Waals surface area contributed by atoms with Crippen molar-refractivity contribution in [1.82, 2.24) is 0 Å². The van der Waals surface area contributed by atoms with Crippen LogP contribution in [0.1, 0.15) is 57.9 Å². The second kappa shape index (κ2) is 13.4. The van der Waals surface area contributed by atoms with E-state index < -0.39 is 0 Å². The van der Waals surface area contributed by atoms with E-state index in [1.54, 1.807) is 0 Å². The summed E-state index contributed by atoms with van der Waals surface area (Å²) < 4.78 is 11.7. The Morgan fingerprint density at radius 2 is 2.26 bits per heavy atom. The number of ether oxygens (including phenoxy) is 2. The molecule has 0 aliphatic carbocycles. The van der Waals surface area contributed by atoms with Crippen molar-refractivity contribution in [3.8, 4) is 5.75 Å². The zero-order valence-corrected chi connectivity index (χ0v) is 21.3. The van der Waals surface area contributed by atoms with Crippen LogP contribution in [0.15, 0.2) is 23.2 Å². The standard InChI is InChI=1S/C22H35NO2P.Y/c1-4-5-7-18(10-13-26)16-25-20-9-6-8-19(14-20)21(23-3)15-22(2)11-12-24-17-22;/h6,8,14,18H,4-5,7,10-13,15-17,26H2,1-3H3;/q-1;. The molecule has 1 aliphatic heterocycles. The first-order valence-electron chi connectivity index (χ1n) is 9.98. The zero-order valence-electron chi connectivity index (χ0n) is 17.3. The fraction of sp³-hybridized carbons (Fsp3) is 0.682. The minimum absolute atomic E-state index is 0. The van der Waals surface area contributed by atoms with Crippen molar-refractivity contribution in [2.75, 3.05) is 33.0 Å². The number of aliphatic imine (C=N–C) groups is 1. The second-order valence-corrected chi connectivity index (χ2v) is 8.38. The van der Waals surface area contributed by atoms with Crippen LogP contribution in [-0.2, 0) is 37.4 Å².